The quantitative estimate of drug-likeness (QED) is 0.771. The summed E-state index contributed by atoms with van der Waals surface area (Å²) in [6.07, 6.45) is 5.34. The summed E-state index contributed by atoms with van der Waals surface area (Å²) < 4.78 is 0. The van der Waals surface area contributed by atoms with Crippen LogP contribution in [0.15, 0.2) is 60.8 Å². The van der Waals surface area contributed by atoms with Crippen LogP contribution < -0.4 is 0 Å². The molecule has 1 fully saturated rings. The van der Waals surface area contributed by atoms with Crippen molar-refractivity contribution in [2.45, 2.75) is 25.2 Å². The lowest BCUT2D eigenvalue weighted by Gasteiger charge is -2.31. The van der Waals surface area contributed by atoms with Gasteiger partial charge in [0.1, 0.15) is 5.69 Å². The highest BCUT2D eigenvalue weighted by Gasteiger charge is 2.22. The molecule has 1 aliphatic rings. The van der Waals surface area contributed by atoms with E-state index in [2.05, 4.69) is 56.5 Å². The number of H-pyrrole nitrogens is 1. The predicted molar refractivity (Wildman–Crippen MR) is 100 cm³/mol. The molecule has 128 valence electrons. The van der Waals surface area contributed by atoms with Crippen molar-refractivity contribution in [1.82, 2.24) is 20.1 Å². The van der Waals surface area contributed by atoms with E-state index in [4.69, 9.17) is 0 Å². The van der Waals surface area contributed by atoms with E-state index in [1.165, 1.54) is 24.1 Å². The molecule has 0 bridgehead atoms. The number of hydrogen-bond acceptors (Lipinski definition) is 3. The molecule has 0 atom stereocenters. The Kier molecular flexibility index (Phi) is 4.89. The lowest BCUT2D eigenvalue weighted by atomic mass is 9.93. The molecule has 0 unspecified atom stereocenters. The minimum atomic E-state index is 0.581. The molecule has 4 nitrogen and oxygen atoms in total. The van der Waals surface area contributed by atoms with Crippen LogP contribution in [0.3, 0.4) is 0 Å². The fourth-order valence-electron chi connectivity index (χ4n) is 3.59. The lowest BCUT2D eigenvalue weighted by Crippen LogP contribution is -2.34. The highest BCUT2D eigenvalue weighted by molar-refractivity contribution is 5.53. The zero-order chi connectivity index (χ0) is 16.9. The largest absolute Gasteiger partial charge is 0.303 e. The lowest BCUT2D eigenvalue weighted by molar-refractivity contribution is 0.213. The van der Waals surface area contributed by atoms with Crippen LogP contribution >= 0.6 is 0 Å². The summed E-state index contributed by atoms with van der Waals surface area (Å²) in [7, 11) is 0. The van der Waals surface area contributed by atoms with Crippen LogP contribution in [0.5, 0.6) is 0 Å². The van der Waals surface area contributed by atoms with Crippen molar-refractivity contribution in [2.75, 3.05) is 19.6 Å². The van der Waals surface area contributed by atoms with Crippen molar-refractivity contribution in [1.29, 1.82) is 0 Å². The summed E-state index contributed by atoms with van der Waals surface area (Å²) in [6, 6.07) is 18.9. The number of hydrogen-bond donors (Lipinski definition) is 1. The van der Waals surface area contributed by atoms with Crippen LogP contribution in [0, 0.1) is 0 Å². The van der Waals surface area contributed by atoms with E-state index >= 15 is 0 Å². The van der Waals surface area contributed by atoms with E-state index in [-0.39, 0.29) is 0 Å². The molecule has 1 aliphatic heterocycles. The number of rotatable bonds is 5. The second kappa shape index (κ2) is 7.62. The molecule has 0 saturated carbocycles. The third-order valence-corrected chi connectivity index (χ3v) is 5.11. The molecule has 0 aliphatic carbocycles. The van der Waals surface area contributed by atoms with Crippen LogP contribution in [0.1, 0.15) is 30.0 Å². The molecule has 2 aromatic heterocycles. The Hall–Kier alpha value is -2.46. The first-order valence-electron chi connectivity index (χ1n) is 9.11. The average molecular weight is 332 g/mol. The van der Waals surface area contributed by atoms with Crippen molar-refractivity contribution < 1.29 is 0 Å². The first-order chi connectivity index (χ1) is 12.4. The number of nitrogens with zero attached hydrogens (tertiary/aromatic N) is 3. The molecule has 0 radical (unpaired) electrons. The molecular weight excluding hydrogens is 308 g/mol. The predicted octanol–water partition coefficient (Wildman–Crippen LogP) is 3.89. The Balaban J connectivity index is 1.31. The summed E-state index contributed by atoms with van der Waals surface area (Å²) in [4.78, 5) is 6.96. The topological polar surface area (TPSA) is 44.8 Å². The molecule has 1 N–H and O–H groups in total. The van der Waals surface area contributed by atoms with Gasteiger partial charge in [0.15, 0.2) is 0 Å². The van der Waals surface area contributed by atoms with Gasteiger partial charge in [-0.2, -0.15) is 5.10 Å². The number of aromatic amines is 1. The van der Waals surface area contributed by atoms with Gasteiger partial charge in [-0.05, 0) is 56.1 Å². The molecule has 25 heavy (non-hydrogen) atoms. The number of likely N-dealkylation sites (tertiary alicyclic amines) is 1. The zero-order valence-electron chi connectivity index (χ0n) is 14.4. The van der Waals surface area contributed by atoms with Gasteiger partial charge in [0.2, 0.25) is 0 Å². The third kappa shape index (κ3) is 3.97. The van der Waals surface area contributed by atoms with E-state index in [0.29, 0.717) is 5.92 Å². The second-order valence-electron chi connectivity index (χ2n) is 6.78. The Morgan fingerprint density at radius 2 is 1.76 bits per heavy atom. The van der Waals surface area contributed by atoms with E-state index in [9.17, 15) is 0 Å². The van der Waals surface area contributed by atoms with Gasteiger partial charge >= 0.3 is 0 Å². The summed E-state index contributed by atoms with van der Waals surface area (Å²) in [5, 5.41) is 7.69. The van der Waals surface area contributed by atoms with E-state index < -0.39 is 0 Å². The summed E-state index contributed by atoms with van der Waals surface area (Å²) >= 11 is 0. The maximum absolute atomic E-state index is 4.46. The average Bonchev–Trinajstić information content (AvgIpc) is 3.19. The molecule has 4 rings (SSSR count). The van der Waals surface area contributed by atoms with Crippen LogP contribution in [-0.2, 0) is 6.42 Å². The maximum atomic E-state index is 4.46. The van der Waals surface area contributed by atoms with Crippen LogP contribution in [-0.4, -0.2) is 39.7 Å². The first-order valence-corrected chi connectivity index (χ1v) is 9.11. The normalized spacial score (nSPS) is 16.2. The van der Waals surface area contributed by atoms with Crippen LogP contribution in [0.25, 0.3) is 11.4 Å². The fourth-order valence-corrected chi connectivity index (χ4v) is 3.59. The van der Waals surface area contributed by atoms with Crippen molar-refractivity contribution in [3.63, 3.8) is 0 Å². The van der Waals surface area contributed by atoms with E-state index in [0.717, 1.165) is 37.4 Å². The fraction of sp³-hybridized carbons (Fsp3) is 0.333. The Morgan fingerprint density at radius 1 is 0.960 bits per heavy atom. The zero-order valence-corrected chi connectivity index (χ0v) is 14.4. The maximum Gasteiger partial charge on any atom is 0.111 e. The Morgan fingerprint density at radius 3 is 2.52 bits per heavy atom. The van der Waals surface area contributed by atoms with Crippen molar-refractivity contribution in [2.24, 2.45) is 0 Å². The van der Waals surface area contributed by atoms with Crippen molar-refractivity contribution >= 4 is 0 Å². The Labute approximate surface area is 148 Å². The van der Waals surface area contributed by atoms with Crippen molar-refractivity contribution in [3.8, 4) is 11.4 Å². The molecule has 1 saturated heterocycles. The number of nitrogens with one attached hydrogen (secondary N) is 1. The number of benzene rings is 1. The summed E-state index contributed by atoms with van der Waals surface area (Å²) in [5.74, 6) is 0.581. The number of piperidine rings is 1. The van der Waals surface area contributed by atoms with Crippen LogP contribution in [0.4, 0.5) is 0 Å². The highest BCUT2D eigenvalue weighted by Crippen LogP contribution is 2.28. The Bertz CT molecular complexity index is 774. The van der Waals surface area contributed by atoms with Gasteiger partial charge in [0, 0.05) is 24.4 Å². The van der Waals surface area contributed by atoms with Crippen molar-refractivity contribution in [3.05, 3.63) is 72.1 Å². The molecule has 1 aromatic carbocycles. The summed E-state index contributed by atoms with van der Waals surface area (Å²) in [5.41, 5.74) is 4.56. The smallest absolute Gasteiger partial charge is 0.111 e. The van der Waals surface area contributed by atoms with Gasteiger partial charge in [-0.3, -0.25) is 10.1 Å². The molecule has 4 heteroatoms. The number of aromatic nitrogens is 3. The summed E-state index contributed by atoms with van der Waals surface area (Å²) in [6.45, 7) is 3.48. The molecular formula is C21H24N4. The first kappa shape index (κ1) is 16.0. The standard InChI is InChI=1S/C21H24N4/c1-2-6-17(7-3-1)9-13-25-14-10-18(11-15-25)20-16-21(24-23-20)19-8-4-5-12-22-19/h1-8,12,16,18H,9-11,13-15H2,(H,23,24). The number of pyridine rings is 1. The minimum Gasteiger partial charge on any atom is -0.303 e. The van der Waals surface area contributed by atoms with Gasteiger partial charge in [-0.25, -0.2) is 0 Å². The minimum absolute atomic E-state index is 0.581. The van der Waals surface area contributed by atoms with Gasteiger partial charge in [-0.15, -0.1) is 0 Å². The van der Waals surface area contributed by atoms with Crippen LogP contribution in [0.2, 0.25) is 0 Å². The van der Waals surface area contributed by atoms with Gasteiger partial charge in [-0.1, -0.05) is 36.4 Å². The van der Waals surface area contributed by atoms with E-state index in [1.807, 2.05) is 24.4 Å². The van der Waals surface area contributed by atoms with E-state index in [1.54, 1.807) is 0 Å². The molecule has 3 aromatic rings. The highest BCUT2D eigenvalue weighted by atomic mass is 15.1. The molecule has 3 heterocycles. The second-order valence-corrected chi connectivity index (χ2v) is 6.78. The SMILES string of the molecule is c1ccc(CCN2CCC(c3cc(-c4ccccn4)n[nH]3)CC2)cc1. The molecule has 0 amide bonds. The molecule has 0 spiro atoms. The third-order valence-electron chi connectivity index (χ3n) is 5.11. The van der Waals surface area contributed by atoms with Gasteiger partial charge in [0.25, 0.3) is 0 Å². The van der Waals surface area contributed by atoms with Gasteiger partial charge in [0.05, 0.1) is 5.69 Å². The van der Waals surface area contributed by atoms with Gasteiger partial charge < -0.3 is 4.90 Å². The monoisotopic (exact) mass is 332 g/mol.